The molecule has 1 aromatic carbocycles. The molecule has 0 amide bonds. The Labute approximate surface area is 103 Å². The molecule has 1 atom stereocenters. The molecule has 0 radical (unpaired) electrons. The molecule has 0 bridgehead atoms. The average molecular weight is 232 g/mol. The maximum Gasteiger partial charge on any atom is 0.191 e. The van der Waals surface area contributed by atoms with Crippen LogP contribution in [0.4, 0.5) is 0 Å². The lowest BCUT2D eigenvalue weighted by molar-refractivity contribution is 0.0643. The second-order valence-corrected chi connectivity index (χ2v) is 4.56. The van der Waals surface area contributed by atoms with E-state index >= 15 is 0 Å². The molecule has 1 fully saturated rings. The number of rotatable bonds is 4. The monoisotopic (exact) mass is 232 g/mol. The van der Waals surface area contributed by atoms with Crippen LogP contribution in [0.5, 0.6) is 0 Å². The summed E-state index contributed by atoms with van der Waals surface area (Å²) in [4.78, 5) is 12.2. The zero-order valence-corrected chi connectivity index (χ0v) is 10.7. The third-order valence-electron chi connectivity index (χ3n) is 3.47. The lowest BCUT2D eigenvalue weighted by atomic mass is 9.96. The highest BCUT2D eigenvalue weighted by Gasteiger charge is 2.24. The van der Waals surface area contributed by atoms with Gasteiger partial charge < -0.3 is 4.74 Å². The van der Waals surface area contributed by atoms with Crippen molar-refractivity contribution in [2.75, 3.05) is 6.61 Å². The Morgan fingerprint density at radius 1 is 1.29 bits per heavy atom. The summed E-state index contributed by atoms with van der Waals surface area (Å²) in [5.74, 6) is 0.153. The fourth-order valence-corrected chi connectivity index (χ4v) is 2.42. The van der Waals surface area contributed by atoms with Crippen LogP contribution in [-0.4, -0.2) is 18.5 Å². The van der Waals surface area contributed by atoms with Crippen LogP contribution in [-0.2, 0) is 17.6 Å². The Balaban J connectivity index is 2.23. The Hall–Kier alpha value is -1.15. The summed E-state index contributed by atoms with van der Waals surface area (Å²) in [7, 11) is 0. The quantitative estimate of drug-likeness (QED) is 0.745. The molecule has 0 N–H and O–H groups in total. The van der Waals surface area contributed by atoms with Crippen molar-refractivity contribution in [1.29, 1.82) is 0 Å². The van der Waals surface area contributed by atoms with E-state index in [1.165, 1.54) is 11.1 Å². The number of carbonyl (C=O) groups excluding carboxylic acids is 1. The van der Waals surface area contributed by atoms with Crippen LogP contribution in [0.25, 0.3) is 0 Å². The molecular weight excluding hydrogens is 212 g/mol. The van der Waals surface area contributed by atoms with Gasteiger partial charge in [-0.2, -0.15) is 0 Å². The molecular formula is C15H20O2. The van der Waals surface area contributed by atoms with Crippen molar-refractivity contribution in [3.8, 4) is 0 Å². The van der Waals surface area contributed by atoms with Gasteiger partial charge in [-0.15, -0.1) is 0 Å². The molecule has 2 rings (SSSR count). The van der Waals surface area contributed by atoms with Gasteiger partial charge >= 0.3 is 0 Å². The van der Waals surface area contributed by atoms with Gasteiger partial charge in [-0.25, -0.2) is 0 Å². The van der Waals surface area contributed by atoms with Gasteiger partial charge in [0.2, 0.25) is 0 Å². The summed E-state index contributed by atoms with van der Waals surface area (Å²) in [6.45, 7) is 5.01. The second-order valence-electron chi connectivity index (χ2n) is 4.56. The smallest absolute Gasteiger partial charge is 0.191 e. The lowest BCUT2D eigenvalue weighted by Crippen LogP contribution is -2.19. The largest absolute Gasteiger partial charge is 0.370 e. The van der Waals surface area contributed by atoms with Crippen LogP contribution in [0.1, 0.15) is 48.2 Å². The number of hydrogen-bond acceptors (Lipinski definition) is 2. The molecule has 2 nitrogen and oxygen atoms in total. The van der Waals surface area contributed by atoms with E-state index in [4.69, 9.17) is 4.74 Å². The molecule has 0 aliphatic carbocycles. The van der Waals surface area contributed by atoms with E-state index in [2.05, 4.69) is 19.9 Å². The van der Waals surface area contributed by atoms with E-state index in [-0.39, 0.29) is 11.9 Å². The van der Waals surface area contributed by atoms with Crippen molar-refractivity contribution in [3.05, 3.63) is 34.9 Å². The molecule has 2 heteroatoms. The minimum Gasteiger partial charge on any atom is -0.370 e. The number of carbonyl (C=O) groups is 1. The number of Topliss-reactive ketones (excluding diaryl/α,β-unsaturated/α-hetero) is 1. The van der Waals surface area contributed by atoms with Gasteiger partial charge in [-0.05, 0) is 42.9 Å². The topological polar surface area (TPSA) is 26.3 Å². The van der Waals surface area contributed by atoms with Gasteiger partial charge in [0, 0.05) is 12.2 Å². The minimum atomic E-state index is -0.202. The van der Waals surface area contributed by atoms with E-state index in [0.29, 0.717) is 0 Å². The highest BCUT2D eigenvalue weighted by molar-refractivity contribution is 5.99. The molecule has 1 aliphatic rings. The van der Waals surface area contributed by atoms with Crippen molar-refractivity contribution in [2.24, 2.45) is 0 Å². The van der Waals surface area contributed by atoms with Crippen molar-refractivity contribution in [2.45, 2.75) is 45.6 Å². The first-order valence-corrected chi connectivity index (χ1v) is 6.53. The van der Waals surface area contributed by atoms with Crippen LogP contribution in [0.15, 0.2) is 18.2 Å². The molecule has 1 saturated heterocycles. The standard InChI is InChI=1S/C15H20O2/c1-3-11-7-8-13(10-12(11)4-2)15(16)14-6-5-9-17-14/h7-8,10,14H,3-6,9H2,1-2H3. The second kappa shape index (κ2) is 5.46. The first kappa shape index (κ1) is 12.3. The van der Waals surface area contributed by atoms with E-state index in [0.717, 1.165) is 37.9 Å². The van der Waals surface area contributed by atoms with Crippen LogP contribution in [0.2, 0.25) is 0 Å². The predicted octanol–water partition coefficient (Wildman–Crippen LogP) is 3.17. The van der Waals surface area contributed by atoms with Gasteiger partial charge in [-0.3, -0.25) is 4.79 Å². The summed E-state index contributed by atoms with van der Waals surface area (Å²) in [6, 6.07) is 6.08. The van der Waals surface area contributed by atoms with Crippen molar-refractivity contribution in [3.63, 3.8) is 0 Å². The number of hydrogen-bond donors (Lipinski definition) is 0. The summed E-state index contributed by atoms with van der Waals surface area (Å²) in [5.41, 5.74) is 3.44. The number of aryl methyl sites for hydroxylation is 2. The van der Waals surface area contributed by atoms with Crippen LogP contribution >= 0.6 is 0 Å². The maximum absolute atomic E-state index is 12.2. The van der Waals surface area contributed by atoms with Gasteiger partial charge in [0.15, 0.2) is 5.78 Å². The lowest BCUT2D eigenvalue weighted by Gasteiger charge is -2.11. The first-order valence-electron chi connectivity index (χ1n) is 6.53. The van der Waals surface area contributed by atoms with Gasteiger partial charge in [0.05, 0.1) is 0 Å². The number of benzene rings is 1. The zero-order chi connectivity index (χ0) is 12.3. The van der Waals surface area contributed by atoms with E-state index < -0.39 is 0 Å². The Morgan fingerprint density at radius 2 is 2.06 bits per heavy atom. The Bertz CT molecular complexity index is 403. The summed E-state index contributed by atoms with van der Waals surface area (Å²) in [6.07, 6.45) is 3.68. The fraction of sp³-hybridized carbons (Fsp3) is 0.533. The zero-order valence-electron chi connectivity index (χ0n) is 10.7. The SMILES string of the molecule is CCc1ccc(C(=O)C2CCCO2)cc1CC. The van der Waals surface area contributed by atoms with Gasteiger partial charge in [0.25, 0.3) is 0 Å². The maximum atomic E-state index is 12.2. The van der Waals surface area contributed by atoms with Crippen LogP contribution < -0.4 is 0 Å². The first-order chi connectivity index (χ1) is 8.26. The van der Waals surface area contributed by atoms with E-state index in [9.17, 15) is 4.79 Å². The molecule has 1 unspecified atom stereocenters. The summed E-state index contributed by atoms with van der Waals surface area (Å²) in [5, 5.41) is 0. The van der Waals surface area contributed by atoms with Gasteiger partial charge in [0.1, 0.15) is 6.10 Å². The molecule has 0 saturated carbocycles. The molecule has 1 heterocycles. The Kier molecular flexibility index (Phi) is 3.95. The number of ether oxygens (including phenoxy) is 1. The normalized spacial score (nSPS) is 19.5. The summed E-state index contributed by atoms with van der Waals surface area (Å²) < 4.78 is 5.45. The van der Waals surface area contributed by atoms with E-state index in [1.807, 2.05) is 12.1 Å². The van der Waals surface area contributed by atoms with Crippen molar-refractivity contribution < 1.29 is 9.53 Å². The minimum absolute atomic E-state index is 0.153. The highest BCUT2D eigenvalue weighted by Crippen LogP contribution is 2.20. The third kappa shape index (κ3) is 2.58. The molecule has 92 valence electrons. The van der Waals surface area contributed by atoms with Crippen molar-refractivity contribution in [1.82, 2.24) is 0 Å². The molecule has 17 heavy (non-hydrogen) atoms. The number of ketones is 1. The fourth-order valence-electron chi connectivity index (χ4n) is 2.42. The Morgan fingerprint density at radius 3 is 2.65 bits per heavy atom. The van der Waals surface area contributed by atoms with Gasteiger partial charge in [-0.1, -0.05) is 26.0 Å². The average Bonchev–Trinajstić information content (AvgIpc) is 2.90. The molecule has 1 aromatic rings. The van der Waals surface area contributed by atoms with Crippen molar-refractivity contribution >= 4 is 5.78 Å². The highest BCUT2D eigenvalue weighted by atomic mass is 16.5. The predicted molar refractivity (Wildman–Crippen MR) is 68.5 cm³/mol. The van der Waals surface area contributed by atoms with E-state index in [1.54, 1.807) is 0 Å². The van der Waals surface area contributed by atoms with Crippen LogP contribution in [0, 0.1) is 0 Å². The molecule has 0 aromatic heterocycles. The molecule has 0 spiro atoms. The summed E-state index contributed by atoms with van der Waals surface area (Å²) >= 11 is 0. The molecule has 1 aliphatic heterocycles. The van der Waals surface area contributed by atoms with Crippen LogP contribution in [0.3, 0.4) is 0 Å². The third-order valence-corrected chi connectivity index (χ3v) is 3.47.